The van der Waals surface area contributed by atoms with E-state index in [1.807, 2.05) is 0 Å². The van der Waals surface area contributed by atoms with E-state index in [-0.39, 0.29) is 6.90 Å². The van der Waals surface area contributed by atoms with Gasteiger partial charge in [-0.3, -0.25) is 21.0 Å². The van der Waals surface area contributed by atoms with Gasteiger partial charge in [-0.2, -0.15) is 0 Å². The Kier molecular flexibility index (Phi) is 1340. The van der Waals surface area contributed by atoms with Crippen molar-refractivity contribution in [1.82, 2.24) is 0 Å². The fourth-order valence-corrected chi connectivity index (χ4v) is 0. The summed E-state index contributed by atoms with van der Waals surface area (Å²) in [6.07, 6.45) is 0. The number of rotatable bonds is 0. The molecule has 0 aliphatic carbocycles. The van der Waals surface area contributed by atoms with Gasteiger partial charge in [0.05, 0.1) is 0 Å². The maximum absolute atomic E-state index is 7.00. The minimum absolute atomic E-state index is 0. The second-order valence-corrected chi connectivity index (χ2v) is 0. The van der Waals surface area contributed by atoms with Gasteiger partial charge in [-0.15, -0.1) is 0 Å². The van der Waals surface area contributed by atoms with Crippen LogP contribution in [0.2, 0.25) is 0 Å². The molecule has 0 aromatic heterocycles. The van der Waals surface area contributed by atoms with Crippen molar-refractivity contribution >= 4 is 0 Å². The maximum Gasteiger partial charge on any atom is 1.00 e. The molecule has 0 rings (SSSR count). The highest BCUT2D eigenvalue weighted by Crippen LogP contribution is 0.741. The van der Waals surface area contributed by atoms with Crippen molar-refractivity contribution in [2.75, 3.05) is 0 Å². The number of hydrogen-bond donors (Lipinski definition) is 4. The lowest BCUT2D eigenvalue weighted by atomic mass is 15.0. The molecular formula is H7O7+. The molecule has 0 amide bonds. The van der Waals surface area contributed by atoms with Crippen LogP contribution in [0.1, 0.15) is 1.43 Å². The van der Waals surface area contributed by atoms with Crippen molar-refractivity contribution in [2.45, 2.75) is 0 Å². The number of hydrogen-bond acceptors (Lipinski definition) is 6. The van der Waals surface area contributed by atoms with Crippen LogP contribution in [0, 0.1) is 9.93 Å². The Morgan fingerprint density at radius 2 is 0.857 bits per heavy atom. The van der Waals surface area contributed by atoms with Crippen LogP contribution in [-0.2, 0) is 0 Å². The van der Waals surface area contributed by atoms with Crippen molar-refractivity contribution < 1.29 is 27.9 Å². The fraction of sp³-hybridized carbons (Fsp3) is 0. The largest absolute Gasteiger partial charge is 1.00 e. The standard InChI is InChI=1S/2H2O2.O2.H2O/c3*1-2;/h2*1-2H;;1H2/p+1. The van der Waals surface area contributed by atoms with Crippen molar-refractivity contribution in [2.24, 2.45) is 0 Å². The van der Waals surface area contributed by atoms with Crippen LogP contribution in [0.15, 0.2) is 0 Å². The Balaban J connectivity index is -0.00000000500. The Morgan fingerprint density at radius 1 is 0.857 bits per heavy atom. The van der Waals surface area contributed by atoms with Crippen molar-refractivity contribution in [3.8, 4) is 0 Å². The fourth-order valence-electron chi connectivity index (χ4n) is 0. The van der Waals surface area contributed by atoms with Crippen LogP contribution in [0.25, 0.3) is 0 Å². The van der Waals surface area contributed by atoms with E-state index in [0.717, 1.165) is 0 Å². The van der Waals surface area contributed by atoms with Crippen LogP contribution in [0.5, 0.6) is 0 Å². The summed E-state index contributed by atoms with van der Waals surface area (Å²) in [7, 11) is 0. The molecule has 0 fully saturated rings. The lowest BCUT2D eigenvalue weighted by Gasteiger charge is -1.25. The molecule has 0 aliphatic rings. The molecule has 7 heteroatoms. The Morgan fingerprint density at radius 3 is 0.857 bits per heavy atom. The molecule has 0 saturated heterocycles. The van der Waals surface area contributed by atoms with Crippen molar-refractivity contribution in [3.63, 3.8) is 0 Å². The average Bonchev–Trinajstić information content (AvgIpc) is 1.81. The van der Waals surface area contributed by atoms with Gasteiger partial charge in [0.1, 0.15) is 0 Å². The normalized spacial score (nSPS) is 2.29. The summed E-state index contributed by atoms with van der Waals surface area (Å²) < 4.78 is 0. The van der Waals surface area contributed by atoms with Crippen molar-refractivity contribution in [3.05, 3.63) is 9.93 Å². The molecule has 6 N–H and O–H groups in total. The lowest BCUT2D eigenvalue weighted by Crippen LogP contribution is -1.29. The van der Waals surface area contributed by atoms with E-state index in [1.54, 1.807) is 0 Å². The van der Waals surface area contributed by atoms with Crippen LogP contribution in [0.3, 0.4) is 0 Å². The van der Waals surface area contributed by atoms with E-state index >= 15 is 0 Å². The van der Waals surface area contributed by atoms with Gasteiger partial charge in [0.2, 0.25) is 0 Å². The Bertz CT molecular complexity index is 4.35. The van der Waals surface area contributed by atoms with E-state index < -0.39 is 0 Å². The van der Waals surface area contributed by atoms with Gasteiger partial charge in [0, 0.05) is 9.93 Å². The van der Waals surface area contributed by atoms with Crippen LogP contribution in [0.4, 0.5) is 0 Å². The predicted molar refractivity (Wildman–Crippen MR) is 22.0 cm³/mol. The molecule has 0 heterocycles. The molecule has 0 aliphatic heterocycles. The molecule has 7 nitrogen and oxygen atoms in total. The topological polar surface area (TPSA) is 147 Å². The Hall–Kier alpha value is -0.600. The van der Waals surface area contributed by atoms with Crippen molar-refractivity contribution in [1.29, 1.82) is 0 Å². The SMILES string of the molecule is O.O=O.OO.OO.[H+]. The lowest BCUT2D eigenvalue weighted by molar-refractivity contribution is -0.176. The van der Waals surface area contributed by atoms with E-state index in [1.165, 1.54) is 0 Å². The Labute approximate surface area is 39.3 Å². The average molecular weight is 119 g/mol. The second-order valence-electron chi connectivity index (χ2n) is 0. The summed E-state index contributed by atoms with van der Waals surface area (Å²) in [5.74, 6) is 0. The van der Waals surface area contributed by atoms with Gasteiger partial charge >= 0.3 is 1.43 Å². The molecule has 0 bridgehead atoms. The first-order valence-corrected chi connectivity index (χ1v) is 0.567. The van der Waals surface area contributed by atoms with E-state index in [9.17, 15) is 0 Å². The van der Waals surface area contributed by atoms with E-state index in [4.69, 9.17) is 31.0 Å². The zero-order chi connectivity index (χ0) is 6.00. The monoisotopic (exact) mass is 119 g/mol. The third-order valence-electron chi connectivity index (χ3n) is 0. The van der Waals surface area contributed by atoms with Gasteiger partial charge in [-0.25, -0.2) is 0 Å². The molecule has 0 radical (unpaired) electrons. The van der Waals surface area contributed by atoms with Gasteiger partial charge in [0.25, 0.3) is 0 Å². The summed E-state index contributed by atoms with van der Waals surface area (Å²) in [6.45, 7) is 0. The van der Waals surface area contributed by atoms with Crippen LogP contribution >= 0.6 is 0 Å². The summed E-state index contributed by atoms with van der Waals surface area (Å²) in [5.41, 5.74) is 0. The quantitative estimate of drug-likeness (QED) is 0.247. The third-order valence-corrected chi connectivity index (χ3v) is 0. The molecule has 0 unspecified atom stereocenters. The molecule has 48 valence electrons. The minimum Gasteiger partial charge on any atom is -0.412 e. The van der Waals surface area contributed by atoms with Gasteiger partial charge < -0.3 is 5.48 Å². The molecular weight excluding hydrogens is 112 g/mol. The van der Waals surface area contributed by atoms with Gasteiger partial charge in [-0.05, 0) is 0 Å². The molecule has 0 atom stereocenters. The first kappa shape index (κ1) is 32.4. The van der Waals surface area contributed by atoms with Crippen LogP contribution in [-0.4, -0.2) is 26.5 Å². The smallest absolute Gasteiger partial charge is 0.412 e. The second kappa shape index (κ2) is 290. The summed E-state index contributed by atoms with van der Waals surface area (Å²) >= 11 is 0. The third kappa shape index (κ3) is 173. The zero-order valence-electron chi connectivity index (χ0n) is 4.11. The summed E-state index contributed by atoms with van der Waals surface area (Å²) in [4.78, 5) is 14.0. The van der Waals surface area contributed by atoms with E-state index in [0.29, 0.717) is 0 Å². The van der Waals surface area contributed by atoms with Crippen LogP contribution < -0.4 is 0 Å². The first-order chi connectivity index (χ1) is 3.00. The minimum atomic E-state index is 0. The summed E-state index contributed by atoms with van der Waals surface area (Å²) in [6, 6.07) is 0. The first-order valence-electron chi connectivity index (χ1n) is 0.567. The molecule has 7 heavy (non-hydrogen) atoms. The highest BCUT2D eigenvalue weighted by atomic mass is 17.0. The molecule has 0 aromatic rings. The maximum atomic E-state index is 7.00. The highest BCUT2D eigenvalue weighted by molar-refractivity contribution is 4.07. The van der Waals surface area contributed by atoms with Gasteiger partial charge in [-0.1, -0.05) is 0 Å². The predicted octanol–water partition coefficient (Wildman–Crippen LogP) is -0.610. The molecule has 0 saturated carbocycles. The molecule has 0 spiro atoms. The van der Waals surface area contributed by atoms with E-state index in [2.05, 4.69) is 0 Å². The van der Waals surface area contributed by atoms with Gasteiger partial charge in [0.15, 0.2) is 0 Å². The summed E-state index contributed by atoms with van der Waals surface area (Å²) in [5, 5.41) is 24.0. The highest BCUT2D eigenvalue weighted by Gasteiger charge is 0.748. The molecule has 0 aromatic carbocycles. The zero-order valence-corrected chi connectivity index (χ0v) is 3.11.